The fraction of sp³-hybridized carbons (Fsp3) is 0.875. The van der Waals surface area contributed by atoms with Crippen LogP contribution in [0.3, 0.4) is 0 Å². The fourth-order valence-electron chi connectivity index (χ4n) is 12.4. The third kappa shape index (κ3) is 5.46. The molecule has 2 heterocycles. The first-order chi connectivity index (χ1) is 23.6. The van der Waals surface area contributed by atoms with Gasteiger partial charge in [-0.1, -0.05) is 80.9 Å². The number of fused-ring (bicyclic) bond motifs is 3. The Morgan fingerprint density at radius 3 is 2.41 bits per heavy atom. The van der Waals surface area contributed by atoms with Crippen LogP contribution < -0.4 is 5.73 Å². The van der Waals surface area contributed by atoms with Crippen LogP contribution in [0.2, 0.25) is 0 Å². The number of carboxylic acids is 1. The van der Waals surface area contributed by atoms with Crippen LogP contribution in [0, 0.1) is 62.6 Å². The first-order valence-electron chi connectivity index (χ1n) is 19.6. The molecule has 3 saturated carbocycles. The molecule has 1 saturated heterocycles. The van der Waals surface area contributed by atoms with E-state index in [2.05, 4.69) is 78.5 Å². The minimum Gasteiger partial charge on any atom is -0.481 e. The van der Waals surface area contributed by atoms with Gasteiger partial charge in [0.05, 0.1) is 43.6 Å². The van der Waals surface area contributed by atoms with Crippen molar-refractivity contribution in [3.05, 3.63) is 18.0 Å². The van der Waals surface area contributed by atoms with E-state index in [4.69, 9.17) is 15.2 Å². The lowest BCUT2D eigenvalue weighted by atomic mass is 9.34. The maximum atomic E-state index is 13.5. The molecule has 1 aromatic heterocycles. The number of aromatic nitrogens is 3. The maximum absolute atomic E-state index is 13.5. The van der Waals surface area contributed by atoms with Gasteiger partial charge >= 0.3 is 5.97 Å². The highest BCUT2D eigenvalue weighted by atomic mass is 32.2. The van der Waals surface area contributed by atoms with Gasteiger partial charge in [0, 0.05) is 16.4 Å². The summed E-state index contributed by atoms with van der Waals surface area (Å²) in [5.74, 6) is 0.0419. The molecule has 3 N–H and O–H groups in total. The summed E-state index contributed by atoms with van der Waals surface area (Å²) in [6, 6.07) is -0.411. The Bertz CT molecular complexity index is 1650. The Morgan fingerprint density at radius 2 is 1.80 bits per heavy atom. The summed E-state index contributed by atoms with van der Waals surface area (Å²) in [6.45, 7) is 25.1. The SMILES string of the molecule is CCS(=O)(=O)c1ncnn1[C@@H]1C[C@@]23COCC(C)([C@H]1OC[C@](C)(N)C(C)C)[C@@H]2CC[C@H]1C3=CC[C@@]2(C)[C@H](C(=O)O)[C@@](C)([C@H](C)C(C)C)CC[C@]12C. The van der Waals surface area contributed by atoms with Gasteiger partial charge in [-0.05, 0) is 91.3 Å². The molecule has 0 amide bonds. The zero-order chi connectivity index (χ0) is 37.7. The van der Waals surface area contributed by atoms with Crippen LogP contribution in [-0.4, -0.2) is 71.5 Å². The van der Waals surface area contributed by atoms with Gasteiger partial charge in [0.15, 0.2) is 0 Å². The van der Waals surface area contributed by atoms with Crippen molar-refractivity contribution in [1.82, 2.24) is 14.8 Å². The van der Waals surface area contributed by atoms with E-state index in [-0.39, 0.29) is 50.8 Å². The number of rotatable bonds is 10. The molecular formula is C40H66N4O6S. The van der Waals surface area contributed by atoms with Crippen LogP contribution in [0.5, 0.6) is 0 Å². The number of ether oxygens (including phenoxy) is 2. The number of nitrogens with zero attached hydrogens (tertiary/aromatic N) is 3. The minimum atomic E-state index is -3.68. The summed E-state index contributed by atoms with van der Waals surface area (Å²) in [7, 11) is -3.68. The fourth-order valence-corrected chi connectivity index (χ4v) is 13.3. The molecule has 4 fully saturated rings. The highest BCUT2D eigenvalue weighted by Crippen LogP contribution is 2.75. The standard InChI is InChI=1S/C40H66N4O6S/c1-12-51(47,48)34-42-23-43-44(34)29-19-40-22-49-20-36(8,32(29)50-21-39(11,41)25(4)5)30(40)14-13-27-28(40)15-16-38(10)31(33(45)46)35(7,26(6)24(2)3)17-18-37(27,38)9/h15,23-27,29-32H,12-14,16-22,41H2,1-11H3,(H,45,46)/t26-,27+,29-,30+,31-,32+,35-,36?,37-,38+,39+,40+/m1/s1. The van der Waals surface area contributed by atoms with E-state index in [1.807, 2.05) is 6.92 Å². The van der Waals surface area contributed by atoms with Crippen molar-refractivity contribution in [1.29, 1.82) is 0 Å². The summed E-state index contributed by atoms with van der Waals surface area (Å²) < 4.78 is 42.2. The molecule has 12 atom stereocenters. The molecule has 1 aliphatic heterocycles. The average Bonchev–Trinajstić information content (AvgIpc) is 3.55. The summed E-state index contributed by atoms with van der Waals surface area (Å²) in [5, 5.41) is 15.7. The van der Waals surface area contributed by atoms with E-state index in [0.29, 0.717) is 38.6 Å². The Labute approximate surface area is 307 Å². The Morgan fingerprint density at radius 1 is 1.12 bits per heavy atom. The number of hydrogen-bond donors (Lipinski definition) is 2. The van der Waals surface area contributed by atoms with Crippen LogP contribution in [0.25, 0.3) is 0 Å². The van der Waals surface area contributed by atoms with Gasteiger partial charge in [0.25, 0.3) is 0 Å². The maximum Gasteiger partial charge on any atom is 0.307 e. The number of sulfone groups is 1. The number of carbonyl (C=O) groups is 1. The Hall–Kier alpha value is -1.82. The number of hydrogen-bond acceptors (Lipinski definition) is 8. The van der Waals surface area contributed by atoms with E-state index in [9.17, 15) is 18.3 Å². The molecule has 0 spiro atoms. The monoisotopic (exact) mass is 730 g/mol. The van der Waals surface area contributed by atoms with Crippen molar-refractivity contribution in [2.75, 3.05) is 25.6 Å². The molecule has 0 radical (unpaired) electrons. The zero-order valence-electron chi connectivity index (χ0n) is 33.2. The molecule has 5 aliphatic rings. The van der Waals surface area contributed by atoms with E-state index in [0.717, 1.165) is 25.7 Å². The lowest BCUT2D eigenvalue weighted by molar-refractivity contribution is -0.253. The van der Waals surface area contributed by atoms with Gasteiger partial charge in [0.2, 0.25) is 15.0 Å². The van der Waals surface area contributed by atoms with Crippen molar-refractivity contribution < 1.29 is 27.8 Å². The third-order valence-electron chi connectivity index (χ3n) is 16.5. The molecule has 288 valence electrons. The number of allylic oxidation sites excluding steroid dienone is 1. The summed E-state index contributed by atoms with van der Waals surface area (Å²) >= 11 is 0. The minimum absolute atomic E-state index is 0.0138. The first kappa shape index (κ1) is 38.9. The van der Waals surface area contributed by atoms with Crippen LogP contribution in [-0.2, 0) is 24.1 Å². The van der Waals surface area contributed by atoms with E-state index >= 15 is 0 Å². The highest BCUT2D eigenvalue weighted by Gasteiger charge is 2.72. The molecule has 11 heteroatoms. The summed E-state index contributed by atoms with van der Waals surface area (Å²) in [5.41, 5.74) is 5.79. The van der Waals surface area contributed by atoms with Crippen molar-refractivity contribution in [3.63, 3.8) is 0 Å². The lowest BCUT2D eigenvalue weighted by Gasteiger charge is -2.71. The third-order valence-corrected chi connectivity index (χ3v) is 18.1. The predicted molar refractivity (Wildman–Crippen MR) is 198 cm³/mol. The van der Waals surface area contributed by atoms with Crippen molar-refractivity contribution in [2.24, 2.45) is 68.3 Å². The van der Waals surface area contributed by atoms with Gasteiger partial charge in [-0.25, -0.2) is 18.1 Å². The number of carboxylic acid groups (broad SMARTS) is 1. The van der Waals surface area contributed by atoms with Crippen molar-refractivity contribution in [2.45, 2.75) is 138 Å². The molecular weight excluding hydrogens is 665 g/mol. The van der Waals surface area contributed by atoms with E-state index < -0.39 is 50.2 Å². The second-order valence-corrected chi connectivity index (χ2v) is 21.6. The normalized spacial score (nSPS) is 42.7. The van der Waals surface area contributed by atoms with Gasteiger partial charge in [-0.15, -0.1) is 0 Å². The first-order valence-corrected chi connectivity index (χ1v) is 21.3. The quantitative estimate of drug-likeness (QED) is 0.244. The molecule has 6 rings (SSSR count). The van der Waals surface area contributed by atoms with Crippen molar-refractivity contribution in [3.8, 4) is 0 Å². The zero-order valence-corrected chi connectivity index (χ0v) is 34.0. The largest absolute Gasteiger partial charge is 0.481 e. The van der Waals surface area contributed by atoms with Gasteiger partial charge in [-0.3, -0.25) is 4.79 Å². The van der Waals surface area contributed by atoms with Crippen LogP contribution in [0.1, 0.15) is 121 Å². The Kier molecular flexibility index (Phi) is 9.62. The highest BCUT2D eigenvalue weighted by molar-refractivity contribution is 7.91. The second-order valence-electron chi connectivity index (χ2n) is 19.4. The van der Waals surface area contributed by atoms with E-state index in [1.54, 1.807) is 11.6 Å². The lowest BCUT2D eigenvalue weighted by Crippen LogP contribution is -2.69. The van der Waals surface area contributed by atoms with Gasteiger partial charge < -0.3 is 20.3 Å². The topological polar surface area (TPSA) is 147 Å². The average molecular weight is 731 g/mol. The molecule has 10 nitrogen and oxygen atoms in total. The molecule has 0 aromatic carbocycles. The van der Waals surface area contributed by atoms with E-state index in [1.165, 1.54) is 11.9 Å². The molecule has 1 unspecified atom stereocenters. The summed E-state index contributed by atoms with van der Waals surface area (Å²) in [6.07, 6.45) is 8.50. The molecule has 4 aliphatic carbocycles. The van der Waals surface area contributed by atoms with Gasteiger partial charge in [-0.2, -0.15) is 5.10 Å². The van der Waals surface area contributed by atoms with Crippen LogP contribution >= 0.6 is 0 Å². The van der Waals surface area contributed by atoms with Crippen LogP contribution in [0.15, 0.2) is 23.1 Å². The number of nitrogens with two attached hydrogens (primary N) is 1. The van der Waals surface area contributed by atoms with Crippen molar-refractivity contribution >= 4 is 15.8 Å². The molecule has 2 bridgehead atoms. The number of aliphatic carboxylic acids is 1. The Balaban J connectivity index is 1.49. The molecule has 51 heavy (non-hydrogen) atoms. The molecule has 1 aromatic rings. The smallest absolute Gasteiger partial charge is 0.307 e. The summed E-state index contributed by atoms with van der Waals surface area (Å²) in [4.78, 5) is 17.8. The second kappa shape index (κ2) is 12.6. The van der Waals surface area contributed by atoms with Gasteiger partial charge in [0.1, 0.15) is 6.33 Å². The van der Waals surface area contributed by atoms with Crippen LogP contribution in [0.4, 0.5) is 0 Å². The predicted octanol–water partition coefficient (Wildman–Crippen LogP) is 6.96.